The molecule has 1 N–H and O–H groups in total. The van der Waals surface area contributed by atoms with E-state index in [1.807, 2.05) is 18.2 Å². The first-order valence-corrected chi connectivity index (χ1v) is 10.4. The number of nitrogens with one attached hydrogen (secondary N) is 1. The molecule has 5 rings (SSSR count). The van der Waals surface area contributed by atoms with E-state index in [0.29, 0.717) is 0 Å². The molecule has 1 spiro atoms. The fraction of sp³-hybridized carbons (Fsp3) is 0.417. The van der Waals surface area contributed by atoms with Crippen molar-refractivity contribution in [3.63, 3.8) is 0 Å². The molecule has 1 atom stereocenters. The lowest BCUT2D eigenvalue weighted by atomic mass is 9.82. The molecule has 1 fully saturated rings. The maximum absolute atomic E-state index is 6.70. The minimum atomic E-state index is -0.316. The van der Waals surface area contributed by atoms with Crippen LogP contribution in [0.2, 0.25) is 0 Å². The fourth-order valence-electron chi connectivity index (χ4n) is 4.77. The summed E-state index contributed by atoms with van der Waals surface area (Å²) < 4.78 is 17.5. The van der Waals surface area contributed by atoms with E-state index in [2.05, 4.69) is 47.7 Å². The number of hydrogen-bond acceptors (Lipinski definition) is 5. The maximum atomic E-state index is 6.70. The van der Waals surface area contributed by atoms with Crippen LogP contribution in [0.3, 0.4) is 0 Å². The highest BCUT2D eigenvalue weighted by molar-refractivity contribution is 5.68. The summed E-state index contributed by atoms with van der Waals surface area (Å²) in [7, 11) is 3.40. The molecule has 2 aromatic rings. The van der Waals surface area contributed by atoms with Crippen LogP contribution in [0.5, 0.6) is 17.2 Å². The Hall–Kier alpha value is -2.66. The minimum absolute atomic E-state index is 0.111. The van der Waals surface area contributed by atoms with Crippen LogP contribution < -0.4 is 19.6 Å². The van der Waals surface area contributed by atoms with E-state index in [9.17, 15) is 0 Å². The van der Waals surface area contributed by atoms with Crippen molar-refractivity contribution < 1.29 is 14.2 Å². The fourth-order valence-corrected chi connectivity index (χ4v) is 4.77. The normalized spacial score (nSPS) is 28.0. The molecule has 0 bridgehead atoms. The van der Waals surface area contributed by atoms with E-state index in [1.54, 1.807) is 14.2 Å². The first kappa shape index (κ1) is 18.4. The molecule has 5 nitrogen and oxygen atoms in total. The van der Waals surface area contributed by atoms with Gasteiger partial charge in [0.2, 0.25) is 0 Å². The molecule has 2 aromatic carbocycles. The molecule has 3 aliphatic rings. The SMILES string of the molecule is COc1ccc(C2=C[C@@H]3c4cc(OC)ccc4OC4(CCC(C)CC4)N3N2)cc1. The van der Waals surface area contributed by atoms with E-state index in [1.165, 1.54) is 12.8 Å². The zero-order chi connectivity index (χ0) is 20.0. The van der Waals surface area contributed by atoms with Gasteiger partial charge in [-0.1, -0.05) is 6.92 Å². The molecular formula is C24H28N2O3. The predicted octanol–water partition coefficient (Wildman–Crippen LogP) is 4.91. The van der Waals surface area contributed by atoms with Gasteiger partial charge in [0, 0.05) is 18.4 Å². The highest BCUT2D eigenvalue weighted by Gasteiger charge is 2.51. The summed E-state index contributed by atoms with van der Waals surface area (Å²) >= 11 is 0. The molecule has 0 saturated heterocycles. The average Bonchev–Trinajstić information content (AvgIpc) is 3.22. The maximum Gasteiger partial charge on any atom is 0.180 e. The predicted molar refractivity (Wildman–Crippen MR) is 113 cm³/mol. The van der Waals surface area contributed by atoms with Crippen LogP contribution in [0.25, 0.3) is 5.70 Å². The van der Waals surface area contributed by atoms with Crippen LogP contribution in [0.1, 0.15) is 49.8 Å². The van der Waals surface area contributed by atoms with Crippen molar-refractivity contribution in [1.82, 2.24) is 10.4 Å². The van der Waals surface area contributed by atoms with Crippen LogP contribution in [0.4, 0.5) is 0 Å². The van der Waals surface area contributed by atoms with Gasteiger partial charge in [0.15, 0.2) is 5.72 Å². The second kappa shape index (κ2) is 6.99. The van der Waals surface area contributed by atoms with E-state index in [-0.39, 0.29) is 11.8 Å². The molecular weight excluding hydrogens is 364 g/mol. The summed E-state index contributed by atoms with van der Waals surface area (Å²) in [6.07, 6.45) is 6.70. The van der Waals surface area contributed by atoms with Crippen LogP contribution in [-0.2, 0) is 0 Å². The van der Waals surface area contributed by atoms with Gasteiger partial charge in [-0.25, -0.2) is 0 Å². The zero-order valence-electron chi connectivity index (χ0n) is 17.3. The Labute approximate surface area is 172 Å². The first-order chi connectivity index (χ1) is 14.1. The van der Waals surface area contributed by atoms with Gasteiger partial charge in [-0.2, -0.15) is 5.01 Å². The summed E-state index contributed by atoms with van der Waals surface area (Å²) in [5.74, 6) is 3.43. The van der Waals surface area contributed by atoms with E-state index in [4.69, 9.17) is 14.2 Å². The molecule has 0 radical (unpaired) electrons. The van der Waals surface area contributed by atoms with Gasteiger partial charge < -0.3 is 19.6 Å². The van der Waals surface area contributed by atoms with Crippen molar-refractivity contribution in [2.24, 2.45) is 5.92 Å². The Bertz CT molecular complexity index is 930. The Morgan fingerprint density at radius 3 is 2.38 bits per heavy atom. The molecule has 0 unspecified atom stereocenters. The largest absolute Gasteiger partial charge is 0.497 e. The number of benzene rings is 2. The third-order valence-corrected chi connectivity index (χ3v) is 6.57. The molecule has 0 aromatic heterocycles. The topological polar surface area (TPSA) is 43.0 Å². The number of hydrazine groups is 1. The lowest BCUT2D eigenvalue weighted by molar-refractivity contribution is -0.155. The highest BCUT2D eigenvalue weighted by atomic mass is 16.5. The van der Waals surface area contributed by atoms with Crippen molar-refractivity contribution >= 4 is 5.70 Å². The molecule has 0 amide bonds. The number of hydrogen-bond donors (Lipinski definition) is 1. The van der Waals surface area contributed by atoms with Gasteiger partial charge in [-0.3, -0.25) is 0 Å². The summed E-state index contributed by atoms with van der Waals surface area (Å²) in [4.78, 5) is 0. The standard InChI is InChI=1S/C24H28N2O3/c1-16-10-12-24(13-11-16)26-22(20-14-19(28-3)8-9-23(20)29-24)15-21(25-26)17-4-6-18(27-2)7-5-17/h4-9,14-16,22,25H,10-13H2,1-3H3/t16?,22-,24?/m1/s1. The van der Waals surface area contributed by atoms with Gasteiger partial charge in [-0.05, 0) is 72.9 Å². The van der Waals surface area contributed by atoms with Crippen LogP contribution in [0, 0.1) is 5.92 Å². The number of ether oxygens (including phenoxy) is 3. The number of fused-ring (bicyclic) bond motifs is 4. The van der Waals surface area contributed by atoms with Crippen molar-refractivity contribution in [1.29, 1.82) is 0 Å². The number of rotatable bonds is 3. The van der Waals surface area contributed by atoms with Gasteiger partial charge >= 0.3 is 0 Å². The van der Waals surface area contributed by atoms with Gasteiger partial charge in [0.1, 0.15) is 17.2 Å². The van der Waals surface area contributed by atoms with Crippen molar-refractivity contribution in [3.05, 3.63) is 59.7 Å². The van der Waals surface area contributed by atoms with E-state index >= 15 is 0 Å². The third-order valence-electron chi connectivity index (χ3n) is 6.57. The van der Waals surface area contributed by atoms with Gasteiger partial charge in [0.25, 0.3) is 0 Å². The van der Waals surface area contributed by atoms with Gasteiger partial charge in [0.05, 0.1) is 26.0 Å². The second-order valence-corrected chi connectivity index (χ2v) is 8.37. The first-order valence-electron chi connectivity index (χ1n) is 10.4. The summed E-state index contributed by atoms with van der Waals surface area (Å²) in [5.41, 5.74) is 6.76. The molecule has 1 aliphatic carbocycles. The molecule has 1 saturated carbocycles. The Morgan fingerprint density at radius 2 is 1.69 bits per heavy atom. The average molecular weight is 392 g/mol. The van der Waals surface area contributed by atoms with E-state index < -0.39 is 0 Å². The molecule has 5 heteroatoms. The number of methoxy groups -OCH3 is 2. The Morgan fingerprint density at radius 1 is 1.00 bits per heavy atom. The molecule has 2 aliphatic heterocycles. The van der Waals surface area contributed by atoms with Crippen LogP contribution in [0.15, 0.2) is 48.5 Å². The lowest BCUT2D eigenvalue weighted by Gasteiger charge is -2.51. The summed E-state index contributed by atoms with van der Waals surface area (Å²) in [6.45, 7) is 2.34. The second-order valence-electron chi connectivity index (χ2n) is 8.37. The van der Waals surface area contributed by atoms with Gasteiger partial charge in [-0.15, -0.1) is 0 Å². The quantitative estimate of drug-likeness (QED) is 0.804. The molecule has 2 heterocycles. The Balaban J connectivity index is 1.56. The lowest BCUT2D eigenvalue weighted by Crippen LogP contribution is -2.60. The van der Waals surface area contributed by atoms with Crippen molar-refractivity contribution in [3.8, 4) is 17.2 Å². The monoisotopic (exact) mass is 392 g/mol. The smallest absolute Gasteiger partial charge is 0.180 e. The van der Waals surface area contributed by atoms with Crippen molar-refractivity contribution in [2.45, 2.75) is 44.4 Å². The van der Waals surface area contributed by atoms with Crippen LogP contribution in [-0.4, -0.2) is 25.0 Å². The summed E-state index contributed by atoms with van der Waals surface area (Å²) in [5, 5.41) is 2.33. The number of nitrogens with zero attached hydrogens (tertiary/aromatic N) is 1. The minimum Gasteiger partial charge on any atom is -0.497 e. The zero-order valence-corrected chi connectivity index (χ0v) is 17.3. The van der Waals surface area contributed by atoms with Crippen molar-refractivity contribution in [2.75, 3.05) is 14.2 Å². The third kappa shape index (κ3) is 3.04. The highest BCUT2D eigenvalue weighted by Crippen LogP contribution is 2.51. The summed E-state index contributed by atoms with van der Waals surface area (Å²) in [6, 6.07) is 14.5. The molecule has 152 valence electrons. The van der Waals surface area contributed by atoms with Crippen LogP contribution >= 0.6 is 0 Å². The molecule has 29 heavy (non-hydrogen) atoms. The Kier molecular flexibility index (Phi) is 4.43. The van der Waals surface area contributed by atoms with E-state index in [0.717, 1.165) is 52.8 Å².